The fourth-order valence-electron chi connectivity index (χ4n) is 0.622. The Bertz CT molecular complexity index is 303. The van der Waals surface area contributed by atoms with Crippen LogP contribution in [0.3, 0.4) is 0 Å². The SMILES string of the molecule is O=C(NCc1cc(Br)no1)C(Cl)Cl. The summed E-state index contributed by atoms with van der Waals surface area (Å²) in [5.74, 6) is 0.0602. The Morgan fingerprint density at radius 3 is 2.92 bits per heavy atom. The lowest BCUT2D eigenvalue weighted by atomic mass is 10.4. The number of hydrogen-bond acceptors (Lipinski definition) is 3. The van der Waals surface area contributed by atoms with Crippen LogP contribution >= 0.6 is 39.1 Å². The van der Waals surface area contributed by atoms with Gasteiger partial charge in [-0.1, -0.05) is 28.4 Å². The molecule has 0 unspecified atom stereocenters. The Morgan fingerprint density at radius 1 is 1.77 bits per heavy atom. The van der Waals surface area contributed by atoms with E-state index < -0.39 is 10.7 Å². The second-order valence-corrected chi connectivity index (χ2v) is 4.04. The molecule has 0 saturated heterocycles. The van der Waals surface area contributed by atoms with Crippen LogP contribution in [0, 0.1) is 0 Å². The largest absolute Gasteiger partial charge is 0.358 e. The highest BCUT2D eigenvalue weighted by Crippen LogP contribution is 2.09. The van der Waals surface area contributed by atoms with Gasteiger partial charge in [-0.2, -0.15) is 0 Å². The first-order valence-corrected chi connectivity index (χ1v) is 4.93. The van der Waals surface area contributed by atoms with E-state index in [2.05, 4.69) is 26.4 Å². The second-order valence-electron chi connectivity index (χ2n) is 2.13. The Labute approximate surface area is 92.7 Å². The number of carbonyl (C=O) groups is 1. The maximum atomic E-state index is 10.9. The van der Waals surface area contributed by atoms with Crippen LogP contribution in [0.25, 0.3) is 0 Å². The van der Waals surface area contributed by atoms with E-state index in [1.165, 1.54) is 0 Å². The van der Waals surface area contributed by atoms with Gasteiger partial charge in [0.25, 0.3) is 5.91 Å². The summed E-state index contributed by atoms with van der Waals surface area (Å²) in [5, 5.41) is 6.02. The number of rotatable bonds is 3. The topological polar surface area (TPSA) is 55.1 Å². The summed E-state index contributed by atoms with van der Waals surface area (Å²) < 4.78 is 5.37. The van der Waals surface area contributed by atoms with Gasteiger partial charge >= 0.3 is 0 Å². The van der Waals surface area contributed by atoms with Crippen LogP contribution in [0.4, 0.5) is 0 Å². The summed E-state index contributed by atoms with van der Waals surface area (Å²) in [7, 11) is 0. The standard InChI is InChI=1S/C6H5BrCl2N2O2/c7-4-1-3(13-11-4)2-10-6(12)5(8)9/h1,5H,2H2,(H,10,12). The molecule has 0 saturated carbocycles. The van der Waals surface area contributed by atoms with Gasteiger partial charge in [0, 0.05) is 6.07 Å². The van der Waals surface area contributed by atoms with Crippen molar-refractivity contribution in [2.24, 2.45) is 0 Å². The first-order chi connectivity index (χ1) is 6.09. The van der Waals surface area contributed by atoms with E-state index in [1.54, 1.807) is 6.07 Å². The lowest BCUT2D eigenvalue weighted by Crippen LogP contribution is -2.27. The summed E-state index contributed by atoms with van der Waals surface area (Å²) in [6.45, 7) is 0.216. The van der Waals surface area contributed by atoms with Crippen LogP contribution in [-0.4, -0.2) is 15.9 Å². The van der Waals surface area contributed by atoms with Crippen molar-refractivity contribution in [1.29, 1.82) is 0 Å². The van der Waals surface area contributed by atoms with Gasteiger partial charge in [0.15, 0.2) is 10.6 Å². The van der Waals surface area contributed by atoms with Gasteiger partial charge in [0.05, 0.1) is 6.54 Å². The second kappa shape index (κ2) is 4.83. The van der Waals surface area contributed by atoms with Crippen molar-refractivity contribution in [2.75, 3.05) is 0 Å². The molecule has 1 aromatic heterocycles. The van der Waals surface area contributed by atoms with E-state index in [1.807, 2.05) is 0 Å². The van der Waals surface area contributed by atoms with E-state index in [-0.39, 0.29) is 6.54 Å². The average Bonchev–Trinajstić information content (AvgIpc) is 2.47. The van der Waals surface area contributed by atoms with Crippen molar-refractivity contribution in [3.63, 3.8) is 0 Å². The van der Waals surface area contributed by atoms with E-state index in [9.17, 15) is 4.79 Å². The fourth-order valence-corrected chi connectivity index (χ4v) is 1.10. The van der Waals surface area contributed by atoms with Crippen molar-refractivity contribution in [3.8, 4) is 0 Å². The molecule has 1 aromatic rings. The lowest BCUT2D eigenvalue weighted by Gasteiger charge is -2.01. The van der Waals surface area contributed by atoms with E-state index in [0.29, 0.717) is 10.4 Å². The number of aromatic nitrogens is 1. The Hall–Kier alpha value is -0.260. The first kappa shape index (κ1) is 10.8. The summed E-state index contributed by atoms with van der Waals surface area (Å²) in [4.78, 5) is 9.81. The van der Waals surface area contributed by atoms with Gasteiger partial charge in [-0.05, 0) is 15.9 Å². The monoisotopic (exact) mass is 286 g/mol. The molecule has 1 N–H and O–H groups in total. The van der Waals surface area contributed by atoms with Gasteiger partial charge in [0.1, 0.15) is 4.60 Å². The predicted octanol–water partition coefficient (Wildman–Crippen LogP) is 1.86. The van der Waals surface area contributed by atoms with Gasteiger partial charge in [-0.3, -0.25) is 4.79 Å². The van der Waals surface area contributed by atoms with E-state index >= 15 is 0 Å². The number of alkyl halides is 2. The minimum atomic E-state index is -1.06. The van der Waals surface area contributed by atoms with Gasteiger partial charge in [0.2, 0.25) is 0 Å². The molecule has 1 heterocycles. The Kier molecular flexibility index (Phi) is 4.02. The highest BCUT2D eigenvalue weighted by Gasteiger charge is 2.11. The molecule has 1 rings (SSSR count). The van der Waals surface area contributed by atoms with Crippen molar-refractivity contribution < 1.29 is 9.32 Å². The molecule has 7 heteroatoms. The number of carbonyl (C=O) groups excluding carboxylic acids is 1. The molecule has 0 aliphatic carbocycles. The summed E-state index contributed by atoms with van der Waals surface area (Å²) in [6, 6.07) is 1.64. The molecule has 0 fully saturated rings. The summed E-state index contributed by atoms with van der Waals surface area (Å²) in [5.41, 5.74) is 0. The number of nitrogens with one attached hydrogen (secondary N) is 1. The smallest absolute Gasteiger partial charge is 0.253 e. The quantitative estimate of drug-likeness (QED) is 0.864. The third-order valence-corrected chi connectivity index (χ3v) is 1.94. The zero-order chi connectivity index (χ0) is 9.84. The van der Waals surface area contributed by atoms with Crippen molar-refractivity contribution >= 4 is 45.0 Å². The lowest BCUT2D eigenvalue weighted by molar-refractivity contribution is -0.119. The predicted molar refractivity (Wildman–Crippen MR) is 51.5 cm³/mol. The van der Waals surface area contributed by atoms with Crippen molar-refractivity contribution in [1.82, 2.24) is 10.5 Å². The minimum absolute atomic E-state index is 0.216. The molecule has 0 atom stereocenters. The molecule has 0 radical (unpaired) electrons. The highest BCUT2D eigenvalue weighted by molar-refractivity contribution is 9.10. The maximum Gasteiger partial charge on any atom is 0.253 e. The van der Waals surface area contributed by atoms with Crippen LogP contribution < -0.4 is 5.32 Å². The van der Waals surface area contributed by atoms with E-state index in [4.69, 9.17) is 27.7 Å². The van der Waals surface area contributed by atoms with Crippen LogP contribution in [0.1, 0.15) is 5.76 Å². The molecular formula is C6H5BrCl2N2O2. The molecule has 13 heavy (non-hydrogen) atoms. The molecule has 0 aliphatic rings. The molecule has 4 nitrogen and oxygen atoms in total. The Balaban J connectivity index is 2.39. The third kappa shape index (κ3) is 3.54. The van der Waals surface area contributed by atoms with Crippen LogP contribution in [0.2, 0.25) is 0 Å². The summed E-state index contributed by atoms with van der Waals surface area (Å²) >= 11 is 13.7. The van der Waals surface area contributed by atoms with Crippen molar-refractivity contribution in [3.05, 3.63) is 16.4 Å². The first-order valence-electron chi connectivity index (χ1n) is 3.26. The van der Waals surface area contributed by atoms with Gasteiger partial charge in [-0.25, -0.2) is 0 Å². The summed E-state index contributed by atoms with van der Waals surface area (Å²) in [6.07, 6.45) is 0. The zero-order valence-electron chi connectivity index (χ0n) is 6.26. The fraction of sp³-hybridized carbons (Fsp3) is 0.333. The average molecular weight is 288 g/mol. The van der Waals surface area contributed by atoms with Crippen molar-refractivity contribution in [2.45, 2.75) is 11.4 Å². The number of nitrogens with zero attached hydrogens (tertiary/aromatic N) is 1. The normalized spacial score (nSPS) is 10.5. The molecular weight excluding hydrogens is 283 g/mol. The van der Waals surface area contributed by atoms with Gasteiger partial charge < -0.3 is 9.84 Å². The molecule has 1 amide bonds. The number of amides is 1. The molecule has 72 valence electrons. The third-order valence-electron chi connectivity index (χ3n) is 1.17. The zero-order valence-corrected chi connectivity index (χ0v) is 9.36. The number of halogens is 3. The number of hydrogen-bond donors (Lipinski definition) is 1. The van der Waals surface area contributed by atoms with E-state index in [0.717, 1.165) is 0 Å². The molecule has 0 spiro atoms. The van der Waals surface area contributed by atoms with Crippen LogP contribution in [-0.2, 0) is 11.3 Å². The van der Waals surface area contributed by atoms with Crippen LogP contribution in [0.5, 0.6) is 0 Å². The van der Waals surface area contributed by atoms with Gasteiger partial charge in [-0.15, -0.1) is 0 Å². The molecule has 0 bridgehead atoms. The van der Waals surface area contributed by atoms with Crippen LogP contribution in [0.15, 0.2) is 15.2 Å². The molecule has 0 aromatic carbocycles. The Morgan fingerprint density at radius 2 is 2.46 bits per heavy atom. The highest BCUT2D eigenvalue weighted by atomic mass is 79.9. The molecule has 0 aliphatic heterocycles. The maximum absolute atomic E-state index is 10.9. The minimum Gasteiger partial charge on any atom is -0.358 e.